The Hall–Kier alpha value is -1.39. The maximum atomic E-state index is 13.5. The summed E-state index contributed by atoms with van der Waals surface area (Å²) in [5.74, 6) is 0.330. The number of amides is 1. The van der Waals surface area contributed by atoms with Gasteiger partial charge in [0.05, 0.1) is 5.41 Å². The van der Waals surface area contributed by atoms with Gasteiger partial charge in [-0.2, -0.15) is 0 Å². The van der Waals surface area contributed by atoms with Crippen molar-refractivity contribution >= 4 is 5.91 Å². The topological polar surface area (TPSA) is 35.6 Å². The third-order valence-corrected chi connectivity index (χ3v) is 6.06. The first-order valence-corrected chi connectivity index (χ1v) is 9.51. The molecule has 1 aromatic carbocycles. The molecule has 1 unspecified atom stereocenters. The van der Waals surface area contributed by atoms with Gasteiger partial charge in [0.2, 0.25) is 5.91 Å². The molecule has 1 amide bonds. The molecule has 2 aliphatic heterocycles. The molecular weight excluding hydrogens is 298 g/mol. The van der Waals surface area contributed by atoms with E-state index < -0.39 is 0 Å². The molecule has 0 bridgehead atoms. The average molecular weight is 329 g/mol. The first-order valence-electron chi connectivity index (χ1n) is 9.51. The third-order valence-electron chi connectivity index (χ3n) is 6.06. The van der Waals surface area contributed by atoms with Gasteiger partial charge in [0.15, 0.2) is 0 Å². The first-order chi connectivity index (χ1) is 11.7. The number of piperazine rings is 1. The van der Waals surface area contributed by atoms with Crippen LogP contribution in [0.25, 0.3) is 0 Å². The standard InChI is InChI=1S/C20H31N3O/c1-3-20(4-2,17-8-6-5-7-9-17)19(24)23-13-10-18(16-23)22-14-11-21-12-15-22/h5-9,18,21H,3-4,10-16H2,1-2H3. The average Bonchev–Trinajstić information content (AvgIpc) is 3.15. The van der Waals surface area contributed by atoms with Crippen LogP contribution in [0.5, 0.6) is 0 Å². The molecule has 4 nitrogen and oxygen atoms in total. The normalized spacial score (nSPS) is 22.8. The van der Waals surface area contributed by atoms with Crippen molar-refractivity contribution in [1.82, 2.24) is 15.1 Å². The van der Waals surface area contributed by atoms with E-state index in [1.54, 1.807) is 0 Å². The van der Waals surface area contributed by atoms with E-state index in [9.17, 15) is 4.79 Å². The van der Waals surface area contributed by atoms with Gasteiger partial charge < -0.3 is 10.2 Å². The van der Waals surface area contributed by atoms with Gasteiger partial charge in [-0.15, -0.1) is 0 Å². The highest BCUT2D eigenvalue weighted by atomic mass is 16.2. The van der Waals surface area contributed by atoms with E-state index in [2.05, 4.69) is 53.2 Å². The van der Waals surface area contributed by atoms with Crippen molar-refractivity contribution < 1.29 is 4.79 Å². The summed E-state index contributed by atoms with van der Waals surface area (Å²) in [6.07, 6.45) is 2.84. The minimum absolute atomic E-state index is 0.330. The zero-order valence-corrected chi connectivity index (χ0v) is 15.1. The Morgan fingerprint density at radius 1 is 1.12 bits per heavy atom. The summed E-state index contributed by atoms with van der Waals surface area (Å²) in [6, 6.07) is 10.9. The van der Waals surface area contributed by atoms with Crippen molar-refractivity contribution in [3.63, 3.8) is 0 Å². The maximum Gasteiger partial charge on any atom is 0.233 e. The molecule has 2 heterocycles. The molecule has 1 N–H and O–H groups in total. The molecule has 0 saturated carbocycles. The summed E-state index contributed by atoms with van der Waals surface area (Å²) in [6.45, 7) is 10.5. The second kappa shape index (κ2) is 7.66. The van der Waals surface area contributed by atoms with Crippen molar-refractivity contribution in [3.8, 4) is 0 Å². The smallest absolute Gasteiger partial charge is 0.233 e. The molecule has 1 atom stereocenters. The molecule has 3 rings (SSSR count). The molecule has 0 radical (unpaired) electrons. The van der Waals surface area contributed by atoms with Crippen LogP contribution in [0.1, 0.15) is 38.7 Å². The van der Waals surface area contributed by atoms with Crippen LogP contribution in [-0.4, -0.2) is 61.0 Å². The second-order valence-electron chi connectivity index (χ2n) is 7.13. The predicted octanol–water partition coefficient (Wildman–Crippen LogP) is 2.25. The minimum Gasteiger partial charge on any atom is -0.340 e. The van der Waals surface area contributed by atoms with E-state index in [1.807, 2.05) is 6.07 Å². The summed E-state index contributed by atoms with van der Waals surface area (Å²) in [5, 5.41) is 3.41. The SMILES string of the molecule is CCC(CC)(C(=O)N1CCC(N2CCNCC2)C1)c1ccccc1. The zero-order chi connectivity index (χ0) is 17.0. The lowest BCUT2D eigenvalue weighted by Gasteiger charge is -2.36. The maximum absolute atomic E-state index is 13.5. The first kappa shape index (κ1) is 17.4. The van der Waals surface area contributed by atoms with Crippen LogP contribution < -0.4 is 5.32 Å². The number of nitrogens with one attached hydrogen (secondary N) is 1. The molecule has 0 aromatic heterocycles. The number of rotatable bonds is 5. The number of carbonyl (C=O) groups is 1. The molecule has 2 fully saturated rings. The Kier molecular flexibility index (Phi) is 5.57. The molecule has 1 aromatic rings. The molecule has 0 spiro atoms. The Morgan fingerprint density at radius 2 is 1.79 bits per heavy atom. The molecule has 0 aliphatic carbocycles. The minimum atomic E-state index is -0.362. The molecular formula is C20H31N3O. The van der Waals surface area contributed by atoms with E-state index >= 15 is 0 Å². The third kappa shape index (κ3) is 3.22. The van der Waals surface area contributed by atoms with Gasteiger partial charge in [-0.1, -0.05) is 44.2 Å². The monoisotopic (exact) mass is 329 g/mol. The van der Waals surface area contributed by atoms with Gasteiger partial charge in [0.25, 0.3) is 0 Å². The molecule has 2 aliphatic rings. The zero-order valence-electron chi connectivity index (χ0n) is 15.1. The Balaban J connectivity index is 1.74. The van der Waals surface area contributed by atoms with Crippen LogP contribution in [0.3, 0.4) is 0 Å². The summed E-state index contributed by atoms with van der Waals surface area (Å²) in [5.41, 5.74) is 0.810. The largest absolute Gasteiger partial charge is 0.340 e. The van der Waals surface area contributed by atoms with Crippen LogP contribution in [0.15, 0.2) is 30.3 Å². The van der Waals surface area contributed by atoms with Crippen molar-refractivity contribution in [2.24, 2.45) is 0 Å². The Labute approximate surface area is 146 Å². The Bertz CT molecular complexity index is 535. The summed E-state index contributed by atoms with van der Waals surface area (Å²) < 4.78 is 0. The summed E-state index contributed by atoms with van der Waals surface area (Å²) in [7, 11) is 0. The number of likely N-dealkylation sites (tertiary alicyclic amines) is 1. The fourth-order valence-electron chi connectivity index (χ4n) is 4.42. The molecule has 2 saturated heterocycles. The highest BCUT2D eigenvalue weighted by molar-refractivity contribution is 5.88. The highest BCUT2D eigenvalue weighted by Gasteiger charge is 2.42. The van der Waals surface area contributed by atoms with Crippen LogP contribution in [0.4, 0.5) is 0 Å². The van der Waals surface area contributed by atoms with Gasteiger partial charge in [-0.25, -0.2) is 0 Å². The summed E-state index contributed by atoms with van der Waals surface area (Å²) >= 11 is 0. The number of hydrogen-bond acceptors (Lipinski definition) is 3. The lowest BCUT2D eigenvalue weighted by Crippen LogP contribution is -2.50. The second-order valence-corrected chi connectivity index (χ2v) is 7.13. The molecule has 24 heavy (non-hydrogen) atoms. The Morgan fingerprint density at radius 3 is 2.42 bits per heavy atom. The van der Waals surface area contributed by atoms with Crippen LogP contribution in [0, 0.1) is 0 Å². The lowest BCUT2D eigenvalue weighted by molar-refractivity contribution is -0.137. The fourth-order valence-corrected chi connectivity index (χ4v) is 4.42. The number of nitrogens with zero attached hydrogens (tertiary/aromatic N) is 2. The highest BCUT2D eigenvalue weighted by Crippen LogP contribution is 2.35. The van der Waals surface area contributed by atoms with E-state index in [-0.39, 0.29) is 5.41 Å². The number of benzene rings is 1. The predicted molar refractivity (Wildman–Crippen MR) is 98.1 cm³/mol. The van der Waals surface area contributed by atoms with Crippen molar-refractivity contribution in [2.75, 3.05) is 39.3 Å². The van der Waals surface area contributed by atoms with Crippen molar-refractivity contribution in [3.05, 3.63) is 35.9 Å². The summed E-state index contributed by atoms with van der Waals surface area (Å²) in [4.78, 5) is 18.1. The van der Waals surface area contributed by atoms with Gasteiger partial charge in [0, 0.05) is 45.3 Å². The molecule has 132 valence electrons. The quantitative estimate of drug-likeness (QED) is 0.900. The van der Waals surface area contributed by atoms with Crippen molar-refractivity contribution in [2.45, 2.75) is 44.6 Å². The number of hydrogen-bond donors (Lipinski definition) is 1. The lowest BCUT2D eigenvalue weighted by atomic mass is 9.74. The van der Waals surface area contributed by atoms with Crippen LogP contribution >= 0.6 is 0 Å². The van der Waals surface area contributed by atoms with Crippen LogP contribution in [-0.2, 0) is 10.2 Å². The van der Waals surface area contributed by atoms with Crippen molar-refractivity contribution in [1.29, 1.82) is 0 Å². The molecule has 4 heteroatoms. The van der Waals surface area contributed by atoms with E-state index in [1.165, 1.54) is 5.56 Å². The van der Waals surface area contributed by atoms with Crippen LogP contribution in [0.2, 0.25) is 0 Å². The fraction of sp³-hybridized carbons (Fsp3) is 0.650. The van der Waals surface area contributed by atoms with Gasteiger partial charge in [-0.3, -0.25) is 9.69 Å². The van der Waals surface area contributed by atoms with Gasteiger partial charge >= 0.3 is 0 Å². The number of carbonyl (C=O) groups excluding carboxylic acids is 1. The van der Waals surface area contributed by atoms with E-state index in [0.29, 0.717) is 11.9 Å². The van der Waals surface area contributed by atoms with Gasteiger partial charge in [-0.05, 0) is 24.8 Å². The van der Waals surface area contributed by atoms with Gasteiger partial charge in [0.1, 0.15) is 0 Å². The van der Waals surface area contributed by atoms with E-state index in [0.717, 1.165) is 58.5 Å². The van der Waals surface area contributed by atoms with E-state index in [4.69, 9.17) is 0 Å².